The largest absolute Gasteiger partial charge is 0.481 e. The summed E-state index contributed by atoms with van der Waals surface area (Å²) in [5, 5.41) is 18.0. The van der Waals surface area contributed by atoms with Crippen molar-refractivity contribution in [2.75, 3.05) is 13.2 Å². The van der Waals surface area contributed by atoms with E-state index in [1.54, 1.807) is 4.90 Å². The smallest absolute Gasteiger partial charge is 0.307 e. The van der Waals surface area contributed by atoms with Gasteiger partial charge < -0.3 is 15.1 Å². The zero-order valence-corrected chi connectivity index (χ0v) is 11.1. The monoisotopic (exact) mass is 257 g/mol. The van der Waals surface area contributed by atoms with E-state index >= 15 is 0 Å². The van der Waals surface area contributed by atoms with Gasteiger partial charge in [-0.15, -0.1) is 0 Å². The lowest BCUT2D eigenvalue weighted by molar-refractivity contribution is -0.149. The Morgan fingerprint density at radius 2 is 1.89 bits per heavy atom. The Hall–Kier alpha value is -1.10. The van der Waals surface area contributed by atoms with Gasteiger partial charge in [0.15, 0.2) is 0 Å². The number of hydrogen-bond acceptors (Lipinski definition) is 3. The van der Waals surface area contributed by atoms with Crippen LogP contribution in [0.2, 0.25) is 0 Å². The van der Waals surface area contributed by atoms with Crippen molar-refractivity contribution in [2.24, 2.45) is 11.8 Å². The van der Waals surface area contributed by atoms with Crippen molar-refractivity contribution in [1.29, 1.82) is 0 Å². The van der Waals surface area contributed by atoms with Crippen LogP contribution in [0.1, 0.15) is 39.5 Å². The highest BCUT2D eigenvalue weighted by Crippen LogP contribution is 2.33. The second kappa shape index (κ2) is 6.73. The molecule has 104 valence electrons. The van der Waals surface area contributed by atoms with E-state index in [4.69, 9.17) is 10.2 Å². The predicted molar refractivity (Wildman–Crippen MR) is 67.0 cm³/mol. The first kappa shape index (κ1) is 15.0. The van der Waals surface area contributed by atoms with Crippen molar-refractivity contribution < 1.29 is 19.8 Å². The number of carboxylic acid groups (broad SMARTS) is 1. The molecule has 2 atom stereocenters. The van der Waals surface area contributed by atoms with Crippen LogP contribution < -0.4 is 0 Å². The molecule has 1 fully saturated rings. The maximum atomic E-state index is 12.4. The lowest BCUT2D eigenvalue weighted by Gasteiger charge is -2.30. The van der Waals surface area contributed by atoms with Gasteiger partial charge in [0, 0.05) is 19.2 Å². The average molecular weight is 257 g/mol. The predicted octanol–water partition coefficient (Wildman–Crippen LogP) is 1.11. The molecule has 1 rings (SSSR count). The molecule has 0 aliphatic heterocycles. The summed E-state index contributed by atoms with van der Waals surface area (Å²) in [6.45, 7) is 4.37. The first-order chi connectivity index (χ1) is 8.49. The van der Waals surface area contributed by atoms with Gasteiger partial charge in [0.05, 0.1) is 11.8 Å². The van der Waals surface area contributed by atoms with E-state index in [0.717, 1.165) is 6.42 Å². The van der Waals surface area contributed by atoms with Crippen LogP contribution in [0.5, 0.6) is 0 Å². The minimum atomic E-state index is -0.864. The maximum absolute atomic E-state index is 12.4. The number of nitrogens with zero attached hydrogens (tertiary/aromatic N) is 1. The molecule has 1 saturated carbocycles. The van der Waals surface area contributed by atoms with Gasteiger partial charge in [-0.3, -0.25) is 9.59 Å². The summed E-state index contributed by atoms with van der Waals surface area (Å²) < 4.78 is 0. The molecule has 1 aliphatic carbocycles. The number of carboxylic acids is 1. The van der Waals surface area contributed by atoms with Crippen molar-refractivity contribution >= 4 is 11.9 Å². The van der Waals surface area contributed by atoms with Gasteiger partial charge in [0.2, 0.25) is 5.91 Å². The van der Waals surface area contributed by atoms with Crippen molar-refractivity contribution in [3.63, 3.8) is 0 Å². The molecular formula is C13H23NO4. The van der Waals surface area contributed by atoms with Crippen molar-refractivity contribution in [2.45, 2.75) is 45.6 Å². The number of carbonyl (C=O) groups excluding carboxylic acids is 1. The second-order valence-corrected chi connectivity index (χ2v) is 5.18. The van der Waals surface area contributed by atoms with E-state index < -0.39 is 11.9 Å². The summed E-state index contributed by atoms with van der Waals surface area (Å²) in [6, 6.07) is 0.0408. The van der Waals surface area contributed by atoms with E-state index in [1.807, 2.05) is 13.8 Å². The Morgan fingerprint density at radius 3 is 2.39 bits per heavy atom. The number of rotatable bonds is 6. The van der Waals surface area contributed by atoms with Gasteiger partial charge in [-0.2, -0.15) is 0 Å². The molecule has 0 heterocycles. The molecular weight excluding hydrogens is 234 g/mol. The quantitative estimate of drug-likeness (QED) is 0.747. The van der Waals surface area contributed by atoms with Gasteiger partial charge in [-0.1, -0.05) is 6.42 Å². The summed E-state index contributed by atoms with van der Waals surface area (Å²) in [4.78, 5) is 25.2. The van der Waals surface area contributed by atoms with Gasteiger partial charge in [0.1, 0.15) is 0 Å². The fourth-order valence-electron chi connectivity index (χ4n) is 2.63. The zero-order valence-electron chi connectivity index (χ0n) is 11.1. The van der Waals surface area contributed by atoms with Crippen LogP contribution in [-0.2, 0) is 9.59 Å². The third-order valence-corrected chi connectivity index (χ3v) is 3.61. The molecule has 18 heavy (non-hydrogen) atoms. The van der Waals surface area contributed by atoms with Gasteiger partial charge in [-0.05, 0) is 33.1 Å². The average Bonchev–Trinajstić information content (AvgIpc) is 2.77. The first-order valence-corrected chi connectivity index (χ1v) is 6.63. The van der Waals surface area contributed by atoms with E-state index in [1.165, 1.54) is 0 Å². The van der Waals surface area contributed by atoms with Crippen LogP contribution in [0.25, 0.3) is 0 Å². The molecule has 0 spiro atoms. The summed E-state index contributed by atoms with van der Waals surface area (Å²) in [7, 11) is 0. The van der Waals surface area contributed by atoms with E-state index in [9.17, 15) is 9.59 Å². The highest BCUT2D eigenvalue weighted by molar-refractivity contribution is 5.85. The van der Waals surface area contributed by atoms with Gasteiger partial charge >= 0.3 is 5.97 Å². The van der Waals surface area contributed by atoms with Crippen LogP contribution in [0.3, 0.4) is 0 Å². The Kier molecular flexibility index (Phi) is 5.59. The molecule has 2 N–H and O–H groups in total. The van der Waals surface area contributed by atoms with Crippen LogP contribution in [0.15, 0.2) is 0 Å². The number of carbonyl (C=O) groups is 2. The third kappa shape index (κ3) is 3.45. The number of aliphatic carboxylic acids is 1. The summed E-state index contributed by atoms with van der Waals surface area (Å²) in [6.07, 6.45) is 2.60. The highest BCUT2D eigenvalue weighted by atomic mass is 16.4. The standard InChI is InChI=1S/C13H23NO4/c1-9(2)14(7-4-8-15)12(16)10-5-3-6-11(10)13(17)18/h9-11,15H,3-8H2,1-2H3,(H,17,18)/t10-,11+/m1/s1. The number of hydrogen-bond donors (Lipinski definition) is 2. The molecule has 1 amide bonds. The molecule has 1 aliphatic rings. The lowest BCUT2D eigenvalue weighted by Crippen LogP contribution is -2.43. The zero-order chi connectivity index (χ0) is 13.7. The molecule has 5 heteroatoms. The van der Waals surface area contributed by atoms with E-state index in [0.29, 0.717) is 25.8 Å². The summed E-state index contributed by atoms with van der Waals surface area (Å²) in [5.41, 5.74) is 0. The van der Waals surface area contributed by atoms with Gasteiger partial charge in [0.25, 0.3) is 0 Å². The summed E-state index contributed by atoms with van der Waals surface area (Å²) in [5.74, 6) is -1.85. The van der Waals surface area contributed by atoms with E-state index in [-0.39, 0.29) is 24.5 Å². The molecule has 5 nitrogen and oxygen atoms in total. The highest BCUT2D eigenvalue weighted by Gasteiger charge is 2.40. The number of aliphatic hydroxyl groups excluding tert-OH is 1. The minimum Gasteiger partial charge on any atom is -0.481 e. The maximum Gasteiger partial charge on any atom is 0.307 e. The SMILES string of the molecule is CC(C)N(CCCO)C(=O)[C@@H]1CCC[C@@H]1C(=O)O. The minimum absolute atomic E-state index is 0.0408. The van der Waals surface area contributed by atoms with Crippen LogP contribution in [0, 0.1) is 11.8 Å². The Labute approximate surface area is 108 Å². The van der Waals surface area contributed by atoms with Crippen LogP contribution in [0.4, 0.5) is 0 Å². The number of amides is 1. The Morgan fingerprint density at radius 1 is 1.28 bits per heavy atom. The molecule has 0 saturated heterocycles. The second-order valence-electron chi connectivity index (χ2n) is 5.18. The van der Waals surface area contributed by atoms with Crippen molar-refractivity contribution in [1.82, 2.24) is 4.90 Å². The molecule has 0 radical (unpaired) electrons. The Bertz CT molecular complexity index is 303. The Balaban J connectivity index is 2.72. The number of aliphatic hydroxyl groups is 1. The van der Waals surface area contributed by atoms with Crippen molar-refractivity contribution in [3.8, 4) is 0 Å². The normalized spacial score (nSPS) is 23.3. The molecule has 0 aromatic carbocycles. The molecule has 0 aromatic rings. The van der Waals surface area contributed by atoms with Crippen LogP contribution in [-0.4, -0.2) is 46.2 Å². The fraction of sp³-hybridized carbons (Fsp3) is 0.846. The topological polar surface area (TPSA) is 77.8 Å². The third-order valence-electron chi connectivity index (χ3n) is 3.61. The summed E-state index contributed by atoms with van der Waals surface area (Å²) >= 11 is 0. The van der Waals surface area contributed by atoms with Crippen molar-refractivity contribution in [3.05, 3.63) is 0 Å². The van der Waals surface area contributed by atoms with E-state index in [2.05, 4.69) is 0 Å². The molecule has 0 unspecified atom stereocenters. The fourth-order valence-corrected chi connectivity index (χ4v) is 2.63. The molecule has 0 aromatic heterocycles. The first-order valence-electron chi connectivity index (χ1n) is 6.63. The van der Waals surface area contributed by atoms with Gasteiger partial charge in [-0.25, -0.2) is 0 Å². The lowest BCUT2D eigenvalue weighted by atomic mass is 9.94. The molecule has 0 bridgehead atoms. The van der Waals surface area contributed by atoms with Crippen LogP contribution >= 0.6 is 0 Å².